The number of pyridine rings is 1. The Labute approximate surface area is 120 Å². The molecule has 1 unspecified atom stereocenters. The van der Waals surface area contributed by atoms with Crippen molar-refractivity contribution in [3.05, 3.63) is 23.9 Å². The topological polar surface area (TPSA) is 54.6 Å². The van der Waals surface area contributed by atoms with Crippen molar-refractivity contribution in [3.63, 3.8) is 0 Å². The lowest BCUT2D eigenvalue weighted by Crippen LogP contribution is -2.44. The van der Waals surface area contributed by atoms with Gasteiger partial charge in [-0.25, -0.2) is 4.98 Å². The standard InChI is InChI=1S/C15H24N4O/c1-12(16)13-2-3-15(17-10-13)19-5-4-14(11-19)18-6-8-20-9-7-18/h2-3,10,12,14H,4-9,11,16H2,1H3/t12-,14?/m1/s1. The highest BCUT2D eigenvalue weighted by Crippen LogP contribution is 2.22. The van der Waals surface area contributed by atoms with Crippen molar-refractivity contribution >= 4 is 5.82 Å². The SMILES string of the molecule is C[C@@H](N)c1ccc(N2CCC(N3CCOCC3)C2)nc1. The van der Waals surface area contributed by atoms with E-state index >= 15 is 0 Å². The van der Waals surface area contributed by atoms with E-state index in [1.165, 1.54) is 6.42 Å². The average molecular weight is 276 g/mol. The Balaban J connectivity index is 1.61. The number of nitrogens with zero attached hydrogens (tertiary/aromatic N) is 3. The zero-order chi connectivity index (χ0) is 13.9. The molecule has 3 heterocycles. The first-order valence-electron chi connectivity index (χ1n) is 7.52. The average Bonchev–Trinajstić information content (AvgIpc) is 2.98. The summed E-state index contributed by atoms with van der Waals surface area (Å²) in [6.45, 7) is 8.03. The monoisotopic (exact) mass is 276 g/mol. The number of anilines is 1. The summed E-state index contributed by atoms with van der Waals surface area (Å²) in [4.78, 5) is 9.50. The maximum atomic E-state index is 5.86. The van der Waals surface area contributed by atoms with Crippen LogP contribution in [0.3, 0.4) is 0 Å². The Morgan fingerprint density at radius 3 is 2.75 bits per heavy atom. The van der Waals surface area contributed by atoms with E-state index in [0.29, 0.717) is 6.04 Å². The van der Waals surface area contributed by atoms with Crippen LogP contribution in [0.5, 0.6) is 0 Å². The fourth-order valence-corrected chi connectivity index (χ4v) is 3.04. The van der Waals surface area contributed by atoms with Crippen molar-refractivity contribution in [2.45, 2.75) is 25.4 Å². The van der Waals surface area contributed by atoms with Gasteiger partial charge in [-0.1, -0.05) is 6.07 Å². The predicted octanol–water partition coefficient (Wildman–Crippen LogP) is 1.01. The summed E-state index contributed by atoms with van der Waals surface area (Å²) in [5.41, 5.74) is 6.96. The van der Waals surface area contributed by atoms with Crippen molar-refractivity contribution in [3.8, 4) is 0 Å². The second-order valence-electron chi connectivity index (χ2n) is 5.78. The highest BCUT2D eigenvalue weighted by Gasteiger charge is 2.29. The fourth-order valence-electron chi connectivity index (χ4n) is 3.04. The molecule has 1 aromatic rings. The zero-order valence-electron chi connectivity index (χ0n) is 12.2. The minimum atomic E-state index is 0.0521. The van der Waals surface area contributed by atoms with Crippen LogP contribution in [-0.2, 0) is 4.74 Å². The lowest BCUT2D eigenvalue weighted by atomic mass is 10.1. The third kappa shape index (κ3) is 2.95. The highest BCUT2D eigenvalue weighted by atomic mass is 16.5. The lowest BCUT2D eigenvalue weighted by molar-refractivity contribution is 0.0209. The molecule has 1 aromatic heterocycles. The molecule has 110 valence electrons. The Kier molecular flexibility index (Phi) is 4.19. The van der Waals surface area contributed by atoms with Gasteiger partial charge in [0.1, 0.15) is 5.82 Å². The molecule has 0 radical (unpaired) electrons. The molecule has 2 saturated heterocycles. The van der Waals surface area contributed by atoms with E-state index in [4.69, 9.17) is 10.5 Å². The Morgan fingerprint density at radius 1 is 1.30 bits per heavy atom. The predicted molar refractivity (Wildman–Crippen MR) is 79.8 cm³/mol. The van der Waals surface area contributed by atoms with Crippen LogP contribution < -0.4 is 10.6 Å². The summed E-state index contributed by atoms with van der Waals surface area (Å²) in [5, 5.41) is 0. The van der Waals surface area contributed by atoms with Gasteiger partial charge in [-0.05, 0) is 25.0 Å². The van der Waals surface area contributed by atoms with Crippen LogP contribution in [0.4, 0.5) is 5.82 Å². The van der Waals surface area contributed by atoms with Gasteiger partial charge in [0, 0.05) is 44.5 Å². The summed E-state index contributed by atoms with van der Waals surface area (Å²) >= 11 is 0. The van der Waals surface area contributed by atoms with Crippen molar-refractivity contribution in [1.29, 1.82) is 0 Å². The molecular formula is C15H24N4O. The van der Waals surface area contributed by atoms with Crippen molar-refractivity contribution in [1.82, 2.24) is 9.88 Å². The molecule has 0 aromatic carbocycles. The van der Waals surface area contributed by atoms with E-state index in [2.05, 4.69) is 26.9 Å². The van der Waals surface area contributed by atoms with Crippen molar-refractivity contribution < 1.29 is 4.74 Å². The molecule has 0 bridgehead atoms. The smallest absolute Gasteiger partial charge is 0.128 e. The van der Waals surface area contributed by atoms with Gasteiger partial charge in [0.15, 0.2) is 0 Å². The normalized spacial score (nSPS) is 25.9. The number of aromatic nitrogens is 1. The quantitative estimate of drug-likeness (QED) is 0.893. The number of nitrogens with two attached hydrogens (primary N) is 1. The van der Waals surface area contributed by atoms with Gasteiger partial charge in [0.2, 0.25) is 0 Å². The molecule has 3 rings (SSSR count). The lowest BCUT2D eigenvalue weighted by Gasteiger charge is -2.32. The van der Waals surface area contributed by atoms with Gasteiger partial charge in [0.25, 0.3) is 0 Å². The van der Waals surface area contributed by atoms with Gasteiger partial charge in [-0.15, -0.1) is 0 Å². The van der Waals surface area contributed by atoms with Crippen LogP contribution in [0.25, 0.3) is 0 Å². The van der Waals surface area contributed by atoms with E-state index in [-0.39, 0.29) is 6.04 Å². The number of hydrogen-bond acceptors (Lipinski definition) is 5. The number of morpholine rings is 1. The molecule has 20 heavy (non-hydrogen) atoms. The fraction of sp³-hybridized carbons (Fsp3) is 0.667. The molecule has 2 N–H and O–H groups in total. The van der Waals surface area contributed by atoms with E-state index in [1.807, 2.05) is 13.1 Å². The second-order valence-corrected chi connectivity index (χ2v) is 5.78. The molecular weight excluding hydrogens is 252 g/mol. The third-order valence-electron chi connectivity index (χ3n) is 4.35. The largest absolute Gasteiger partial charge is 0.379 e. The zero-order valence-corrected chi connectivity index (χ0v) is 12.2. The van der Waals surface area contributed by atoms with Crippen molar-refractivity contribution in [2.24, 2.45) is 5.73 Å². The van der Waals surface area contributed by atoms with Crippen LogP contribution in [0.1, 0.15) is 24.9 Å². The van der Waals surface area contributed by atoms with E-state index in [9.17, 15) is 0 Å². The van der Waals surface area contributed by atoms with Crippen LogP contribution >= 0.6 is 0 Å². The molecule has 5 nitrogen and oxygen atoms in total. The summed E-state index contributed by atoms with van der Waals surface area (Å²) in [5.74, 6) is 1.07. The molecule has 0 aliphatic carbocycles. The maximum absolute atomic E-state index is 5.86. The number of ether oxygens (including phenoxy) is 1. The van der Waals surface area contributed by atoms with Crippen LogP contribution in [0.15, 0.2) is 18.3 Å². The molecule has 0 saturated carbocycles. The summed E-state index contributed by atoms with van der Waals surface area (Å²) in [6, 6.07) is 4.89. The van der Waals surface area contributed by atoms with E-state index in [1.54, 1.807) is 0 Å². The minimum absolute atomic E-state index is 0.0521. The first kappa shape index (κ1) is 13.8. The molecule has 2 aliphatic rings. The Bertz CT molecular complexity index is 428. The second kappa shape index (κ2) is 6.08. The van der Waals surface area contributed by atoms with Gasteiger partial charge in [0.05, 0.1) is 13.2 Å². The molecule has 0 spiro atoms. The minimum Gasteiger partial charge on any atom is -0.379 e. The molecule has 2 fully saturated rings. The van der Waals surface area contributed by atoms with E-state index < -0.39 is 0 Å². The number of hydrogen-bond donors (Lipinski definition) is 1. The Morgan fingerprint density at radius 2 is 2.10 bits per heavy atom. The molecule has 0 amide bonds. The van der Waals surface area contributed by atoms with Gasteiger partial charge >= 0.3 is 0 Å². The first-order valence-corrected chi connectivity index (χ1v) is 7.52. The highest BCUT2D eigenvalue weighted by molar-refractivity contribution is 5.41. The van der Waals surface area contributed by atoms with Crippen LogP contribution in [-0.4, -0.2) is 55.3 Å². The van der Waals surface area contributed by atoms with Crippen LogP contribution in [0, 0.1) is 0 Å². The molecule has 2 atom stereocenters. The number of rotatable bonds is 3. The van der Waals surface area contributed by atoms with Gasteiger partial charge in [-0.2, -0.15) is 0 Å². The molecule has 2 aliphatic heterocycles. The summed E-state index contributed by atoms with van der Waals surface area (Å²) in [6.07, 6.45) is 3.12. The maximum Gasteiger partial charge on any atom is 0.128 e. The summed E-state index contributed by atoms with van der Waals surface area (Å²) < 4.78 is 5.43. The van der Waals surface area contributed by atoms with E-state index in [0.717, 1.165) is 50.8 Å². The summed E-state index contributed by atoms with van der Waals surface area (Å²) in [7, 11) is 0. The molecule has 5 heteroatoms. The first-order chi connectivity index (χ1) is 9.74. The van der Waals surface area contributed by atoms with Crippen LogP contribution in [0.2, 0.25) is 0 Å². The Hall–Kier alpha value is -1.17. The van der Waals surface area contributed by atoms with Crippen molar-refractivity contribution in [2.75, 3.05) is 44.3 Å². The van der Waals surface area contributed by atoms with Gasteiger partial charge < -0.3 is 15.4 Å². The van der Waals surface area contributed by atoms with Gasteiger partial charge in [-0.3, -0.25) is 4.90 Å². The third-order valence-corrected chi connectivity index (χ3v) is 4.35.